The summed E-state index contributed by atoms with van der Waals surface area (Å²) >= 11 is 0. The van der Waals surface area contributed by atoms with E-state index in [2.05, 4.69) is 10.5 Å². The number of carboxylic acids is 1. The van der Waals surface area contributed by atoms with Gasteiger partial charge in [-0.3, -0.25) is 4.79 Å². The molecule has 0 spiro atoms. The van der Waals surface area contributed by atoms with Crippen molar-refractivity contribution in [2.45, 2.75) is 46.1 Å². The number of carbonyl (C=O) groups excluding carboxylic acids is 1. The van der Waals surface area contributed by atoms with Crippen molar-refractivity contribution in [2.24, 2.45) is 0 Å². The molecule has 0 aliphatic carbocycles. The van der Waals surface area contributed by atoms with E-state index >= 15 is 0 Å². The molecule has 118 valence electrons. The standard InChI is InChI=1S/C16H20N2O4/c1-4-5-12(16(20)21)17-15(19)8-13-11-6-9(2)10(3)7-14(11)22-18-13/h6-7,12H,4-5,8H2,1-3H3,(H,17,19)(H,20,21). The molecule has 0 aliphatic heterocycles. The second kappa shape index (κ2) is 6.60. The van der Waals surface area contributed by atoms with Gasteiger partial charge in [0, 0.05) is 5.39 Å². The number of amides is 1. The number of carboxylic acid groups (broad SMARTS) is 1. The number of carbonyl (C=O) groups is 2. The van der Waals surface area contributed by atoms with Crippen LogP contribution in [0.2, 0.25) is 0 Å². The fourth-order valence-electron chi connectivity index (χ4n) is 2.32. The molecule has 1 aromatic carbocycles. The van der Waals surface area contributed by atoms with Crippen LogP contribution in [-0.2, 0) is 16.0 Å². The van der Waals surface area contributed by atoms with Gasteiger partial charge in [0.2, 0.25) is 5.91 Å². The lowest BCUT2D eigenvalue weighted by Crippen LogP contribution is -2.41. The minimum atomic E-state index is -1.02. The smallest absolute Gasteiger partial charge is 0.326 e. The van der Waals surface area contributed by atoms with Crippen LogP contribution in [0.25, 0.3) is 11.0 Å². The fraction of sp³-hybridized carbons (Fsp3) is 0.438. The quantitative estimate of drug-likeness (QED) is 0.854. The van der Waals surface area contributed by atoms with E-state index in [9.17, 15) is 9.59 Å². The van der Waals surface area contributed by atoms with Crippen molar-refractivity contribution in [1.82, 2.24) is 10.5 Å². The Balaban J connectivity index is 2.15. The topological polar surface area (TPSA) is 92.4 Å². The number of fused-ring (bicyclic) bond motifs is 1. The Kier molecular flexibility index (Phi) is 4.80. The summed E-state index contributed by atoms with van der Waals surface area (Å²) in [5, 5.41) is 16.3. The monoisotopic (exact) mass is 304 g/mol. The Morgan fingerprint density at radius 3 is 2.64 bits per heavy atom. The first-order valence-electron chi connectivity index (χ1n) is 7.30. The number of benzene rings is 1. The number of aromatic nitrogens is 1. The van der Waals surface area contributed by atoms with Gasteiger partial charge in [0.05, 0.1) is 6.42 Å². The molecule has 1 heterocycles. The van der Waals surface area contributed by atoms with E-state index in [1.807, 2.05) is 32.9 Å². The van der Waals surface area contributed by atoms with Crippen LogP contribution < -0.4 is 5.32 Å². The largest absolute Gasteiger partial charge is 0.480 e. The Labute approximate surface area is 128 Å². The highest BCUT2D eigenvalue weighted by molar-refractivity contribution is 5.89. The second-order valence-electron chi connectivity index (χ2n) is 5.49. The summed E-state index contributed by atoms with van der Waals surface area (Å²) in [6, 6.07) is 2.96. The molecule has 1 atom stereocenters. The van der Waals surface area contributed by atoms with Gasteiger partial charge >= 0.3 is 5.97 Å². The Morgan fingerprint density at radius 2 is 2.00 bits per heavy atom. The molecule has 0 saturated heterocycles. The third kappa shape index (κ3) is 3.44. The van der Waals surface area contributed by atoms with Crippen LogP contribution in [0.15, 0.2) is 16.7 Å². The third-order valence-electron chi connectivity index (χ3n) is 3.70. The predicted molar refractivity (Wildman–Crippen MR) is 81.7 cm³/mol. The Bertz CT molecular complexity index is 705. The summed E-state index contributed by atoms with van der Waals surface area (Å²) in [6.45, 7) is 5.83. The van der Waals surface area contributed by atoms with E-state index in [0.717, 1.165) is 16.5 Å². The Morgan fingerprint density at radius 1 is 1.32 bits per heavy atom. The van der Waals surface area contributed by atoms with Crippen molar-refractivity contribution in [2.75, 3.05) is 0 Å². The second-order valence-corrected chi connectivity index (χ2v) is 5.49. The van der Waals surface area contributed by atoms with Crippen LogP contribution in [0.3, 0.4) is 0 Å². The summed E-state index contributed by atoms with van der Waals surface area (Å²) in [7, 11) is 0. The number of hydrogen-bond acceptors (Lipinski definition) is 4. The van der Waals surface area contributed by atoms with E-state index in [0.29, 0.717) is 24.1 Å². The van der Waals surface area contributed by atoms with Crippen molar-refractivity contribution in [1.29, 1.82) is 0 Å². The highest BCUT2D eigenvalue weighted by atomic mass is 16.5. The predicted octanol–water partition coefficient (Wildman–Crippen LogP) is 2.36. The van der Waals surface area contributed by atoms with Gasteiger partial charge in [0.25, 0.3) is 0 Å². The summed E-state index contributed by atoms with van der Waals surface area (Å²) in [5.41, 5.74) is 3.34. The van der Waals surface area contributed by atoms with Gasteiger partial charge in [-0.05, 0) is 43.5 Å². The van der Waals surface area contributed by atoms with Crippen LogP contribution in [0, 0.1) is 13.8 Å². The first-order valence-corrected chi connectivity index (χ1v) is 7.30. The minimum absolute atomic E-state index is 0.00297. The first-order chi connectivity index (χ1) is 10.4. The molecule has 6 heteroatoms. The molecule has 0 aliphatic rings. The molecule has 1 amide bonds. The van der Waals surface area contributed by atoms with Crippen molar-refractivity contribution >= 4 is 22.8 Å². The average molecular weight is 304 g/mol. The molecule has 2 aromatic rings. The molecule has 2 rings (SSSR count). The molecule has 0 saturated carbocycles. The minimum Gasteiger partial charge on any atom is -0.480 e. The van der Waals surface area contributed by atoms with E-state index in [-0.39, 0.29) is 12.3 Å². The molecule has 22 heavy (non-hydrogen) atoms. The SMILES string of the molecule is CCCC(NC(=O)Cc1noc2cc(C)c(C)cc12)C(=O)O. The van der Waals surface area contributed by atoms with Crippen LogP contribution >= 0.6 is 0 Å². The maximum absolute atomic E-state index is 12.0. The molecule has 0 bridgehead atoms. The van der Waals surface area contributed by atoms with Crippen molar-refractivity contribution in [3.63, 3.8) is 0 Å². The number of aliphatic carboxylic acids is 1. The van der Waals surface area contributed by atoms with Crippen LogP contribution in [0.5, 0.6) is 0 Å². The maximum atomic E-state index is 12.0. The van der Waals surface area contributed by atoms with Gasteiger partial charge in [-0.1, -0.05) is 18.5 Å². The van der Waals surface area contributed by atoms with Crippen LogP contribution in [-0.4, -0.2) is 28.2 Å². The molecule has 1 aromatic heterocycles. The van der Waals surface area contributed by atoms with Crippen LogP contribution in [0.1, 0.15) is 36.6 Å². The van der Waals surface area contributed by atoms with Gasteiger partial charge in [-0.25, -0.2) is 4.79 Å². The van der Waals surface area contributed by atoms with E-state index in [4.69, 9.17) is 9.63 Å². The van der Waals surface area contributed by atoms with Gasteiger partial charge in [-0.2, -0.15) is 0 Å². The highest BCUT2D eigenvalue weighted by Crippen LogP contribution is 2.23. The molecule has 6 nitrogen and oxygen atoms in total. The zero-order valence-corrected chi connectivity index (χ0v) is 13.0. The summed E-state index contributed by atoms with van der Waals surface area (Å²) < 4.78 is 5.24. The number of rotatable bonds is 6. The fourth-order valence-corrected chi connectivity index (χ4v) is 2.32. The number of nitrogens with zero attached hydrogens (tertiary/aromatic N) is 1. The molecule has 1 unspecified atom stereocenters. The Hall–Kier alpha value is -2.37. The normalized spacial score (nSPS) is 12.3. The van der Waals surface area contributed by atoms with Gasteiger partial charge in [0.1, 0.15) is 11.7 Å². The molecule has 0 radical (unpaired) electrons. The van der Waals surface area contributed by atoms with Crippen molar-refractivity contribution in [3.8, 4) is 0 Å². The third-order valence-corrected chi connectivity index (χ3v) is 3.70. The molecule has 2 N–H and O–H groups in total. The van der Waals surface area contributed by atoms with E-state index in [1.54, 1.807) is 0 Å². The first kappa shape index (κ1) is 16.0. The van der Waals surface area contributed by atoms with Gasteiger partial charge in [-0.15, -0.1) is 0 Å². The van der Waals surface area contributed by atoms with Gasteiger partial charge in [0.15, 0.2) is 5.58 Å². The lowest BCUT2D eigenvalue weighted by atomic mass is 10.1. The maximum Gasteiger partial charge on any atom is 0.326 e. The van der Waals surface area contributed by atoms with Crippen molar-refractivity contribution in [3.05, 3.63) is 29.0 Å². The lowest BCUT2D eigenvalue weighted by molar-refractivity contribution is -0.141. The van der Waals surface area contributed by atoms with Crippen molar-refractivity contribution < 1.29 is 19.2 Å². The average Bonchev–Trinajstić information content (AvgIpc) is 2.81. The highest BCUT2D eigenvalue weighted by Gasteiger charge is 2.20. The van der Waals surface area contributed by atoms with E-state index in [1.165, 1.54) is 0 Å². The summed E-state index contributed by atoms with van der Waals surface area (Å²) in [6.07, 6.45) is 1.09. The molecular weight excluding hydrogens is 284 g/mol. The zero-order chi connectivity index (χ0) is 16.3. The summed E-state index contributed by atoms with van der Waals surface area (Å²) in [5.74, 6) is -1.39. The zero-order valence-electron chi connectivity index (χ0n) is 13.0. The van der Waals surface area contributed by atoms with Gasteiger partial charge < -0.3 is 14.9 Å². The molecule has 0 fully saturated rings. The summed E-state index contributed by atoms with van der Waals surface area (Å²) in [4.78, 5) is 23.1. The number of hydrogen-bond donors (Lipinski definition) is 2. The van der Waals surface area contributed by atoms with Crippen LogP contribution in [0.4, 0.5) is 0 Å². The number of aryl methyl sites for hydroxylation is 2. The molecular formula is C16H20N2O4. The van der Waals surface area contributed by atoms with E-state index < -0.39 is 12.0 Å². The lowest BCUT2D eigenvalue weighted by Gasteiger charge is -2.12. The number of nitrogens with one attached hydrogen (secondary N) is 1.